The third-order valence-corrected chi connectivity index (χ3v) is 4.75. The highest BCUT2D eigenvalue weighted by Crippen LogP contribution is 2.50. The van der Waals surface area contributed by atoms with E-state index in [4.69, 9.17) is 14.2 Å². The Bertz CT molecular complexity index is 707. The maximum absolute atomic E-state index is 10.1. The molecule has 2 atom stereocenters. The minimum atomic E-state index is -0.384. The van der Waals surface area contributed by atoms with Gasteiger partial charge in [0.1, 0.15) is 11.5 Å². The summed E-state index contributed by atoms with van der Waals surface area (Å²) in [4.78, 5) is 0. The third-order valence-electron chi connectivity index (χ3n) is 4.75. The summed E-state index contributed by atoms with van der Waals surface area (Å²) in [5.74, 6) is 3.04. The van der Waals surface area contributed by atoms with Crippen molar-refractivity contribution in [2.75, 3.05) is 20.8 Å². The highest BCUT2D eigenvalue weighted by atomic mass is 16.5. The molecule has 2 N–H and O–H groups in total. The average molecular weight is 315 g/mol. The summed E-state index contributed by atoms with van der Waals surface area (Å²) in [6.45, 7) is 0.884. The van der Waals surface area contributed by atoms with E-state index in [-0.39, 0.29) is 12.1 Å². The molecule has 2 bridgehead atoms. The van der Waals surface area contributed by atoms with Crippen LogP contribution in [-0.2, 0) is 11.2 Å². The molecule has 0 aliphatic carbocycles. The number of rotatable bonds is 2. The number of aliphatic hydroxyl groups excluding tert-OH is 1. The van der Waals surface area contributed by atoms with E-state index >= 15 is 0 Å². The molecule has 4 rings (SSSR count). The quantitative estimate of drug-likeness (QED) is 0.877. The van der Waals surface area contributed by atoms with Crippen molar-refractivity contribution in [3.8, 4) is 11.5 Å². The van der Waals surface area contributed by atoms with Gasteiger partial charge in [-0.25, -0.2) is 0 Å². The van der Waals surface area contributed by atoms with Crippen molar-refractivity contribution in [3.63, 3.8) is 0 Å². The molecule has 0 fully saturated rings. The molecule has 3 aliphatic rings. The van der Waals surface area contributed by atoms with Gasteiger partial charge in [0.2, 0.25) is 0 Å². The molecule has 5 nitrogen and oxygen atoms in total. The van der Waals surface area contributed by atoms with E-state index in [0.717, 1.165) is 35.8 Å². The summed E-state index contributed by atoms with van der Waals surface area (Å²) in [5, 5.41) is 13.6. The van der Waals surface area contributed by atoms with Gasteiger partial charge < -0.3 is 24.6 Å². The second kappa shape index (κ2) is 5.58. The van der Waals surface area contributed by atoms with Crippen molar-refractivity contribution in [3.05, 3.63) is 40.7 Å². The molecular weight excluding hydrogens is 294 g/mol. The van der Waals surface area contributed by atoms with Gasteiger partial charge >= 0.3 is 0 Å². The lowest BCUT2D eigenvalue weighted by Crippen LogP contribution is -2.35. The first kappa shape index (κ1) is 14.6. The molecule has 3 heterocycles. The molecule has 0 unspecified atom stereocenters. The molecular formula is C18H21NO4. The molecule has 0 saturated carbocycles. The Balaban J connectivity index is 2.01. The zero-order valence-electron chi connectivity index (χ0n) is 13.4. The first-order valence-electron chi connectivity index (χ1n) is 8.00. The van der Waals surface area contributed by atoms with Crippen molar-refractivity contribution < 1.29 is 19.3 Å². The van der Waals surface area contributed by atoms with Crippen LogP contribution < -0.4 is 14.8 Å². The summed E-state index contributed by atoms with van der Waals surface area (Å²) in [6, 6.07) is 2.09. The number of nitrogens with one attached hydrogen (secondary N) is 1. The van der Waals surface area contributed by atoms with Crippen molar-refractivity contribution in [2.45, 2.75) is 31.4 Å². The summed E-state index contributed by atoms with van der Waals surface area (Å²) in [5.41, 5.74) is 3.43. The Labute approximate surface area is 135 Å². The topological polar surface area (TPSA) is 60.0 Å². The SMILES string of the molecule is COc1cc2c3c(c1OC)/C1=C/C[C@H](O)C/C=C(\O1)[C@@H]3NCC2. The minimum absolute atomic E-state index is 0.0102. The fourth-order valence-electron chi connectivity index (χ4n) is 3.67. The van der Waals surface area contributed by atoms with Gasteiger partial charge in [-0.3, -0.25) is 0 Å². The van der Waals surface area contributed by atoms with Gasteiger partial charge in [-0.05, 0) is 48.6 Å². The van der Waals surface area contributed by atoms with Crippen LogP contribution >= 0.6 is 0 Å². The standard InChI is InChI=1S/C18H21NO4/c1-21-14-9-10-7-8-19-17-13-6-4-11(20)3-5-12(23-13)16(15(10)17)18(14)22-2/h5-6,9,11,17,19-20H,3-4,7-8H2,1-2H3/b12-5-,13-6-/t11-,17-/m0/s1. The van der Waals surface area contributed by atoms with E-state index in [0.29, 0.717) is 18.6 Å². The normalized spacial score (nSPS) is 29.7. The Kier molecular flexibility index (Phi) is 3.54. The molecule has 0 aromatic heterocycles. The van der Waals surface area contributed by atoms with Crippen LogP contribution in [0.3, 0.4) is 0 Å². The lowest BCUT2D eigenvalue weighted by Gasteiger charge is -2.37. The van der Waals surface area contributed by atoms with Crippen molar-refractivity contribution in [1.82, 2.24) is 5.32 Å². The van der Waals surface area contributed by atoms with Crippen molar-refractivity contribution in [2.24, 2.45) is 0 Å². The lowest BCUT2D eigenvalue weighted by molar-refractivity contribution is 0.174. The van der Waals surface area contributed by atoms with Gasteiger partial charge in [-0.2, -0.15) is 0 Å². The number of hydrogen-bond donors (Lipinski definition) is 2. The van der Waals surface area contributed by atoms with Crippen LogP contribution in [0.1, 0.15) is 35.6 Å². The number of aliphatic hydroxyl groups is 1. The van der Waals surface area contributed by atoms with Crippen molar-refractivity contribution >= 4 is 5.76 Å². The zero-order chi connectivity index (χ0) is 16.0. The van der Waals surface area contributed by atoms with Crippen LogP contribution in [0.25, 0.3) is 5.76 Å². The molecule has 0 saturated heterocycles. The summed E-state index contributed by atoms with van der Waals surface area (Å²) < 4.78 is 17.3. The van der Waals surface area contributed by atoms with Crippen LogP contribution in [0, 0.1) is 0 Å². The number of hydrogen-bond acceptors (Lipinski definition) is 5. The van der Waals surface area contributed by atoms with Gasteiger partial charge in [0.25, 0.3) is 0 Å². The van der Waals surface area contributed by atoms with Gasteiger partial charge in [-0.1, -0.05) is 0 Å². The summed E-state index contributed by atoms with van der Waals surface area (Å²) in [6.07, 6.45) is 5.69. The maximum atomic E-state index is 10.1. The van der Waals surface area contributed by atoms with Gasteiger partial charge in [-0.15, -0.1) is 0 Å². The van der Waals surface area contributed by atoms with Gasteiger partial charge in [0, 0.05) is 6.54 Å². The summed E-state index contributed by atoms with van der Waals surface area (Å²) >= 11 is 0. The molecule has 0 amide bonds. The largest absolute Gasteiger partial charge is 0.493 e. The molecule has 23 heavy (non-hydrogen) atoms. The second-order valence-corrected chi connectivity index (χ2v) is 6.10. The highest BCUT2D eigenvalue weighted by molar-refractivity contribution is 5.77. The Hall–Kier alpha value is -1.98. The van der Waals surface area contributed by atoms with E-state index in [1.807, 2.05) is 12.2 Å². The number of methoxy groups -OCH3 is 2. The van der Waals surface area contributed by atoms with Crippen LogP contribution in [0.15, 0.2) is 24.0 Å². The second-order valence-electron chi connectivity index (χ2n) is 6.10. The number of benzene rings is 1. The van der Waals surface area contributed by atoms with E-state index in [1.165, 1.54) is 11.1 Å². The highest BCUT2D eigenvalue weighted by Gasteiger charge is 2.37. The Morgan fingerprint density at radius 2 is 2.04 bits per heavy atom. The predicted molar refractivity (Wildman–Crippen MR) is 86.4 cm³/mol. The minimum Gasteiger partial charge on any atom is -0.493 e. The molecule has 3 aliphatic heterocycles. The number of fused-ring (bicyclic) bond motifs is 4. The Morgan fingerprint density at radius 3 is 2.83 bits per heavy atom. The van der Waals surface area contributed by atoms with Crippen LogP contribution in [-0.4, -0.2) is 32.0 Å². The van der Waals surface area contributed by atoms with E-state index in [9.17, 15) is 5.11 Å². The van der Waals surface area contributed by atoms with Crippen LogP contribution in [0.5, 0.6) is 11.5 Å². The molecule has 1 aromatic rings. The smallest absolute Gasteiger partial charge is 0.172 e. The first-order valence-corrected chi connectivity index (χ1v) is 8.00. The first-order chi connectivity index (χ1) is 11.2. The molecule has 122 valence electrons. The third kappa shape index (κ3) is 2.23. The molecule has 5 heteroatoms. The van der Waals surface area contributed by atoms with E-state index in [2.05, 4.69) is 11.4 Å². The van der Waals surface area contributed by atoms with Gasteiger partial charge in [0.15, 0.2) is 11.5 Å². The van der Waals surface area contributed by atoms with Crippen molar-refractivity contribution in [1.29, 1.82) is 0 Å². The zero-order valence-corrected chi connectivity index (χ0v) is 13.4. The summed E-state index contributed by atoms with van der Waals surface area (Å²) in [7, 11) is 3.30. The monoisotopic (exact) mass is 315 g/mol. The fraction of sp³-hybridized carbons (Fsp3) is 0.444. The van der Waals surface area contributed by atoms with E-state index in [1.54, 1.807) is 14.2 Å². The number of ether oxygens (including phenoxy) is 3. The fourth-order valence-corrected chi connectivity index (χ4v) is 3.67. The van der Waals surface area contributed by atoms with Gasteiger partial charge in [0.05, 0.1) is 31.9 Å². The molecule has 0 radical (unpaired) electrons. The lowest BCUT2D eigenvalue weighted by atomic mass is 9.84. The maximum Gasteiger partial charge on any atom is 0.172 e. The van der Waals surface area contributed by atoms with Crippen LogP contribution in [0.4, 0.5) is 0 Å². The van der Waals surface area contributed by atoms with E-state index < -0.39 is 0 Å². The molecule has 1 aromatic carbocycles. The predicted octanol–water partition coefficient (Wildman–Crippen LogP) is 2.30. The Morgan fingerprint density at radius 1 is 1.22 bits per heavy atom. The molecule has 0 spiro atoms. The van der Waals surface area contributed by atoms with Crippen LogP contribution in [0.2, 0.25) is 0 Å². The average Bonchev–Trinajstić information content (AvgIpc) is 2.57.